The van der Waals surface area contributed by atoms with Crippen molar-refractivity contribution in [1.82, 2.24) is 15.1 Å². The van der Waals surface area contributed by atoms with Crippen LogP contribution in [0.25, 0.3) is 0 Å². The molecule has 1 aromatic rings. The minimum absolute atomic E-state index is 0.534. The Labute approximate surface area is 103 Å². The van der Waals surface area contributed by atoms with Gasteiger partial charge >= 0.3 is 0 Å². The molecule has 0 aliphatic carbocycles. The molecule has 0 aliphatic heterocycles. The molecule has 4 heteroatoms. The Hall–Kier alpha value is -0.540. The van der Waals surface area contributed by atoms with Crippen molar-refractivity contribution in [1.29, 1.82) is 0 Å². The third kappa shape index (κ3) is 3.49. The van der Waals surface area contributed by atoms with E-state index >= 15 is 0 Å². The molecule has 1 atom stereocenters. The Kier molecular flexibility index (Phi) is 4.81. The van der Waals surface area contributed by atoms with E-state index in [4.69, 9.17) is 11.6 Å². The lowest BCUT2D eigenvalue weighted by Crippen LogP contribution is -2.30. The molecule has 0 fully saturated rings. The van der Waals surface area contributed by atoms with Gasteiger partial charge in [0.05, 0.1) is 16.4 Å². The van der Waals surface area contributed by atoms with Gasteiger partial charge in [0.1, 0.15) is 0 Å². The van der Waals surface area contributed by atoms with Gasteiger partial charge in [-0.05, 0) is 26.3 Å². The van der Waals surface area contributed by atoms with Gasteiger partial charge in [-0.1, -0.05) is 32.4 Å². The van der Waals surface area contributed by atoms with Crippen LogP contribution >= 0.6 is 11.6 Å². The topological polar surface area (TPSA) is 29.9 Å². The van der Waals surface area contributed by atoms with E-state index in [0.29, 0.717) is 12.0 Å². The van der Waals surface area contributed by atoms with Crippen molar-refractivity contribution >= 4 is 11.6 Å². The first-order valence-electron chi connectivity index (χ1n) is 5.84. The second-order valence-corrected chi connectivity index (χ2v) is 5.21. The molecule has 16 heavy (non-hydrogen) atoms. The van der Waals surface area contributed by atoms with Crippen LogP contribution in [0, 0.1) is 19.8 Å². The lowest BCUT2D eigenvalue weighted by Gasteiger charge is -2.15. The van der Waals surface area contributed by atoms with Crippen molar-refractivity contribution in [2.24, 2.45) is 5.92 Å². The van der Waals surface area contributed by atoms with Crippen LogP contribution < -0.4 is 5.32 Å². The van der Waals surface area contributed by atoms with Crippen molar-refractivity contribution in [3.8, 4) is 0 Å². The average molecular weight is 244 g/mol. The number of hydrogen-bond acceptors (Lipinski definition) is 2. The van der Waals surface area contributed by atoms with Crippen molar-refractivity contribution in [3.05, 3.63) is 16.4 Å². The summed E-state index contributed by atoms with van der Waals surface area (Å²) >= 11 is 6.11. The molecule has 0 saturated carbocycles. The summed E-state index contributed by atoms with van der Waals surface area (Å²) in [4.78, 5) is 0. The number of aryl methyl sites for hydroxylation is 1. The number of nitrogens with one attached hydrogen (secondary N) is 1. The molecule has 0 aliphatic rings. The number of halogens is 1. The van der Waals surface area contributed by atoms with Crippen LogP contribution in [-0.4, -0.2) is 22.4 Å². The molecule has 0 bridgehead atoms. The molecule has 1 rings (SSSR count). The molecule has 0 spiro atoms. The van der Waals surface area contributed by atoms with Gasteiger partial charge in [-0.15, -0.1) is 0 Å². The quantitative estimate of drug-likeness (QED) is 0.862. The minimum atomic E-state index is 0.534. The van der Waals surface area contributed by atoms with Gasteiger partial charge in [0.15, 0.2) is 0 Å². The van der Waals surface area contributed by atoms with Gasteiger partial charge in [0, 0.05) is 12.6 Å². The highest BCUT2D eigenvalue weighted by Gasteiger charge is 2.11. The molecule has 1 unspecified atom stereocenters. The van der Waals surface area contributed by atoms with Crippen molar-refractivity contribution < 1.29 is 0 Å². The van der Waals surface area contributed by atoms with Gasteiger partial charge in [0.2, 0.25) is 0 Å². The second kappa shape index (κ2) is 5.69. The first kappa shape index (κ1) is 13.5. The van der Waals surface area contributed by atoms with E-state index in [2.05, 4.69) is 31.2 Å². The van der Waals surface area contributed by atoms with Crippen molar-refractivity contribution in [2.75, 3.05) is 6.54 Å². The fraction of sp³-hybridized carbons (Fsp3) is 0.750. The fourth-order valence-corrected chi connectivity index (χ4v) is 1.78. The maximum Gasteiger partial charge on any atom is 0.0844 e. The van der Waals surface area contributed by atoms with Crippen LogP contribution in [0.1, 0.15) is 32.2 Å². The lowest BCUT2D eigenvalue weighted by atomic mass is 10.1. The smallest absolute Gasteiger partial charge is 0.0844 e. The number of nitrogens with zero attached hydrogens (tertiary/aromatic N) is 2. The third-order valence-electron chi connectivity index (χ3n) is 2.65. The van der Waals surface area contributed by atoms with E-state index in [1.807, 2.05) is 18.5 Å². The molecule has 0 saturated heterocycles. The Balaban J connectivity index is 2.56. The molecular weight excluding hydrogens is 222 g/mol. The summed E-state index contributed by atoms with van der Waals surface area (Å²) in [5.41, 5.74) is 1.98. The monoisotopic (exact) mass is 243 g/mol. The van der Waals surface area contributed by atoms with Gasteiger partial charge in [0.25, 0.3) is 0 Å². The lowest BCUT2D eigenvalue weighted by molar-refractivity contribution is 0.401. The van der Waals surface area contributed by atoms with E-state index < -0.39 is 0 Å². The highest BCUT2D eigenvalue weighted by molar-refractivity contribution is 6.31. The molecule has 0 amide bonds. The second-order valence-electron chi connectivity index (χ2n) is 4.84. The predicted molar refractivity (Wildman–Crippen MR) is 69.0 cm³/mol. The molecule has 1 heterocycles. The zero-order valence-electron chi connectivity index (χ0n) is 10.8. The molecule has 1 N–H and O–H groups in total. The highest BCUT2D eigenvalue weighted by atomic mass is 35.5. The zero-order chi connectivity index (χ0) is 12.3. The van der Waals surface area contributed by atoms with Gasteiger partial charge in [-0.2, -0.15) is 5.10 Å². The third-order valence-corrected chi connectivity index (χ3v) is 3.20. The summed E-state index contributed by atoms with van der Waals surface area (Å²) in [6.07, 6.45) is 0. The van der Waals surface area contributed by atoms with E-state index in [0.717, 1.165) is 29.5 Å². The van der Waals surface area contributed by atoms with Crippen LogP contribution in [0.4, 0.5) is 0 Å². The standard InChI is InChI=1S/C12H22ClN3/c1-8(2)14-6-9(3)7-16-11(5)12(13)10(4)15-16/h8-9,14H,6-7H2,1-5H3. The SMILES string of the molecule is Cc1nn(CC(C)CNC(C)C)c(C)c1Cl. The normalized spacial score (nSPS) is 13.4. The van der Waals surface area contributed by atoms with Gasteiger partial charge in [-0.25, -0.2) is 0 Å². The summed E-state index contributed by atoms with van der Waals surface area (Å²) in [6.45, 7) is 12.4. The van der Waals surface area contributed by atoms with Gasteiger partial charge < -0.3 is 5.32 Å². The van der Waals surface area contributed by atoms with E-state index in [1.54, 1.807) is 0 Å². The highest BCUT2D eigenvalue weighted by Crippen LogP contribution is 2.19. The molecule has 0 aromatic carbocycles. The Bertz CT molecular complexity index is 344. The summed E-state index contributed by atoms with van der Waals surface area (Å²) in [5, 5.41) is 8.66. The maximum atomic E-state index is 6.11. The van der Waals surface area contributed by atoms with Crippen LogP contribution in [0.2, 0.25) is 5.02 Å². The Morgan fingerprint density at radius 1 is 1.31 bits per heavy atom. The average Bonchev–Trinajstić information content (AvgIpc) is 2.43. The minimum Gasteiger partial charge on any atom is -0.314 e. The summed E-state index contributed by atoms with van der Waals surface area (Å²) in [5.74, 6) is 0.552. The number of hydrogen-bond donors (Lipinski definition) is 1. The predicted octanol–water partition coefficient (Wildman–Crippen LogP) is 2.79. The van der Waals surface area contributed by atoms with E-state index in [-0.39, 0.29) is 0 Å². The molecule has 0 radical (unpaired) electrons. The Morgan fingerprint density at radius 3 is 2.38 bits per heavy atom. The molecule has 1 aromatic heterocycles. The first-order chi connectivity index (χ1) is 7.41. The van der Waals surface area contributed by atoms with Crippen molar-refractivity contribution in [2.45, 2.75) is 47.2 Å². The van der Waals surface area contributed by atoms with Gasteiger partial charge in [-0.3, -0.25) is 4.68 Å². The summed E-state index contributed by atoms with van der Waals surface area (Å²) in [6, 6.07) is 0.534. The van der Waals surface area contributed by atoms with Crippen LogP contribution in [-0.2, 0) is 6.54 Å². The summed E-state index contributed by atoms with van der Waals surface area (Å²) in [7, 11) is 0. The van der Waals surface area contributed by atoms with E-state index in [1.165, 1.54) is 0 Å². The zero-order valence-corrected chi connectivity index (χ0v) is 11.6. The van der Waals surface area contributed by atoms with Crippen LogP contribution in [0.15, 0.2) is 0 Å². The largest absolute Gasteiger partial charge is 0.314 e. The first-order valence-corrected chi connectivity index (χ1v) is 6.22. The van der Waals surface area contributed by atoms with Crippen molar-refractivity contribution in [3.63, 3.8) is 0 Å². The molecular formula is C12H22ClN3. The van der Waals surface area contributed by atoms with Crippen LogP contribution in [0.5, 0.6) is 0 Å². The van der Waals surface area contributed by atoms with E-state index in [9.17, 15) is 0 Å². The number of aromatic nitrogens is 2. The summed E-state index contributed by atoms with van der Waals surface area (Å²) < 4.78 is 2.00. The molecule has 92 valence electrons. The number of rotatable bonds is 5. The molecule has 3 nitrogen and oxygen atoms in total. The van der Waals surface area contributed by atoms with Crippen LogP contribution in [0.3, 0.4) is 0 Å². The Morgan fingerprint density at radius 2 is 1.94 bits per heavy atom. The maximum absolute atomic E-state index is 6.11. The fourth-order valence-electron chi connectivity index (χ4n) is 1.65.